The number of anilines is 1. The van der Waals surface area contributed by atoms with Gasteiger partial charge in [-0.1, -0.05) is 37.7 Å². The van der Waals surface area contributed by atoms with Crippen LogP contribution in [0, 0.1) is 9.49 Å². The van der Waals surface area contributed by atoms with E-state index in [4.69, 9.17) is 0 Å². The van der Waals surface area contributed by atoms with Crippen LogP contribution >= 0.6 is 34.4 Å². The molecule has 1 N–H and O–H groups in total. The standard InChI is InChI=1S/C12H15IN2S/c1-8(2)11-7-16-12(15-11)14-10-6-4-3-5-9(10)13/h3-6,8,11H,7H2,1-2H3,(H,14,15). The lowest BCUT2D eigenvalue weighted by Crippen LogP contribution is -2.12. The van der Waals surface area contributed by atoms with Crippen molar-refractivity contribution in [2.24, 2.45) is 10.9 Å². The van der Waals surface area contributed by atoms with Crippen LogP contribution < -0.4 is 5.32 Å². The molecule has 1 atom stereocenters. The van der Waals surface area contributed by atoms with Gasteiger partial charge in [-0.2, -0.15) is 0 Å². The topological polar surface area (TPSA) is 24.4 Å². The number of hydrogen-bond acceptors (Lipinski definition) is 3. The fraction of sp³-hybridized carbons (Fsp3) is 0.417. The molecule has 0 aliphatic carbocycles. The molecule has 0 saturated heterocycles. The smallest absolute Gasteiger partial charge is 0.161 e. The van der Waals surface area contributed by atoms with Crippen LogP contribution in [-0.4, -0.2) is 17.0 Å². The number of aliphatic imine (C=N–C) groups is 1. The number of rotatable bonds is 2. The van der Waals surface area contributed by atoms with Gasteiger partial charge in [-0.25, -0.2) is 0 Å². The largest absolute Gasteiger partial charge is 0.334 e. The Morgan fingerprint density at radius 3 is 2.81 bits per heavy atom. The third-order valence-corrected chi connectivity index (χ3v) is 4.49. The first-order valence-electron chi connectivity index (χ1n) is 5.39. The number of hydrogen-bond donors (Lipinski definition) is 1. The molecule has 2 rings (SSSR count). The van der Waals surface area contributed by atoms with Gasteiger partial charge in [0.2, 0.25) is 0 Å². The van der Waals surface area contributed by atoms with E-state index >= 15 is 0 Å². The van der Waals surface area contributed by atoms with Gasteiger partial charge in [0.1, 0.15) is 0 Å². The Morgan fingerprint density at radius 2 is 2.19 bits per heavy atom. The van der Waals surface area contributed by atoms with Crippen LogP contribution in [-0.2, 0) is 0 Å². The van der Waals surface area contributed by atoms with Crippen molar-refractivity contribution in [1.82, 2.24) is 0 Å². The van der Waals surface area contributed by atoms with Crippen LogP contribution in [0.1, 0.15) is 13.8 Å². The van der Waals surface area contributed by atoms with Crippen LogP contribution in [0.2, 0.25) is 0 Å². The van der Waals surface area contributed by atoms with E-state index in [0.29, 0.717) is 12.0 Å². The maximum Gasteiger partial charge on any atom is 0.161 e. The zero-order valence-electron chi connectivity index (χ0n) is 9.40. The predicted octanol–water partition coefficient (Wildman–Crippen LogP) is 3.83. The van der Waals surface area contributed by atoms with Crippen LogP contribution in [0.3, 0.4) is 0 Å². The molecule has 0 bridgehead atoms. The van der Waals surface area contributed by atoms with Gasteiger partial charge in [0.15, 0.2) is 5.17 Å². The van der Waals surface area contributed by atoms with E-state index in [1.807, 2.05) is 23.9 Å². The van der Waals surface area contributed by atoms with E-state index in [-0.39, 0.29) is 0 Å². The van der Waals surface area contributed by atoms with Gasteiger partial charge in [-0.3, -0.25) is 4.99 Å². The van der Waals surface area contributed by atoms with Gasteiger partial charge >= 0.3 is 0 Å². The fourth-order valence-corrected chi connectivity index (χ4v) is 3.18. The number of halogens is 1. The Hall–Kier alpha value is -0.230. The molecule has 1 aliphatic heterocycles. The summed E-state index contributed by atoms with van der Waals surface area (Å²) < 4.78 is 1.23. The summed E-state index contributed by atoms with van der Waals surface area (Å²) in [6.07, 6.45) is 0. The average Bonchev–Trinajstić information content (AvgIpc) is 2.70. The van der Waals surface area contributed by atoms with E-state index in [1.165, 1.54) is 3.57 Å². The quantitative estimate of drug-likeness (QED) is 0.823. The highest BCUT2D eigenvalue weighted by Crippen LogP contribution is 2.26. The molecule has 0 aromatic heterocycles. The first kappa shape index (κ1) is 12.2. The zero-order valence-corrected chi connectivity index (χ0v) is 12.4. The van der Waals surface area contributed by atoms with Crippen molar-refractivity contribution in [3.8, 4) is 0 Å². The molecule has 2 nitrogen and oxygen atoms in total. The first-order chi connectivity index (χ1) is 7.66. The van der Waals surface area contributed by atoms with E-state index in [1.54, 1.807) is 0 Å². The second kappa shape index (κ2) is 5.40. The molecule has 0 fully saturated rings. The van der Waals surface area contributed by atoms with Crippen molar-refractivity contribution in [1.29, 1.82) is 0 Å². The lowest BCUT2D eigenvalue weighted by Gasteiger charge is -2.08. The molecule has 0 saturated carbocycles. The van der Waals surface area contributed by atoms with Crippen LogP contribution in [0.25, 0.3) is 0 Å². The third-order valence-electron chi connectivity index (χ3n) is 2.56. The second-order valence-corrected chi connectivity index (χ2v) is 6.33. The first-order valence-corrected chi connectivity index (χ1v) is 7.45. The highest BCUT2D eigenvalue weighted by molar-refractivity contribution is 14.1. The molecule has 86 valence electrons. The predicted molar refractivity (Wildman–Crippen MR) is 81.3 cm³/mol. The SMILES string of the molecule is CC(C)C1CSC(Nc2ccccc2I)=N1. The van der Waals surface area contributed by atoms with Crippen molar-refractivity contribution >= 4 is 45.2 Å². The maximum atomic E-state index is 4.69. The van der Waals surface area contributed by atoms with Crippen molar-refractivity contribution in [2.45, 2.75) is 19.9 Å². The van der Waals surface area contributed by atoms with Crippen molar-refractivity contribution in [3.63, 3.8) is 0 Å². The molecular formula is C12H15IN2S. The molecule has 1 aromatic carbocycles. The van der Waals surface area contributed by atoms with E-state index in [2.05, 4.69) is 58.9 Å². The van der Waals surface area contributed by atoms with Gasteiger partial charge in [-0.15, -0.1) is 0 Å². The summed E-state index contributed by atoms with van der Waals surface area (Å²) in [7, 11) is 0. The molecule has 1 heterocycles. The highest BCUT2D eigenvalue weighted by Gasteiger charge is 2.21. The number of thioether (sulfide) groups is 1. The monoisotopic (exact) mass is 346 g/mol. The van der Waals surface area contributed by atoms with Crippen molar-refractivity contribution < 1.29 is 0 Å². The molecule has 0 spiro atoms. The second-order valence-electron chi connectivity index (χ2n) is 4.16. The molecule has 4 heteroatoms. The van der Waals surface area contributed by atoms with Crippen LogP contribution in [0.4, 0.5) is 5.69 Å². The Bertz CT molecular complexity index is 404. The molecule has 1 aromatic rings. The van der Waals surface area contributed by atoms with Gasteiger partial charge in [0.25, 0.3) is 0 Å². The van der Waals surface area contributed by atoms with E-state index < -0.39 is 0 Å². The molecule has 16 heavy (non-hydrogen) atoms. The van der Waals surface area contributed by atoms with Gasteiger partial charge in [0, 0.05) is 9.32 Å². The van der Waals surface area contributed by atoms with Gasteiger partial charge < -0.3 is 5.32 Å². The van der Waals surface area contributed by atoms with Gasteiger partial charge in [0.05, 0.1) is 11.7 Å². The third kappa shape index (κ3) is 2.91. The Kier molecular flexibility index (Phi) is 4.13. The Balaban J connectivity index is 2.07. The Morgan fingerprint density at radius 1 is 1.44 bits per heavy atom. The molecule has 0 amide bonds. The minimum Gasteiger partial charge on any atom is -0.334 e. The summed E-state index contributed by atoms with van der Waals surface area (Å²) in [6, 6.07) is 8.75. The summed E-state index contributed by atoms with van der Waals surface area (Å²) >= 11 is 4.16. The number of benzene rings is 1. The molecule has 1 aliphatic rings. The summed E-state index contributed by atoms with van der Waals surface area (Å²) in [4.78, 5) is 4.69. The van der Waals surface area contributed by atoms with Crippen molar-refractivity contribution in [2.75, 3.05) is 11.1 Å². The number of para-hydroxylation sites is 1. The lowest BCUT2D eigenvalue weighted by molar-refractivity contribution is 0.543. The summed E-state index contributed by atoms with van der Waals surface area (Å²) in [5.41, 5.74) is 1.15. The summed E-state index contributed by atoms with van der Waals surface area (Å²) in [5.74, 6) is 1.73. The molecular weight excluding hydrogens is 331 g/mol. The Labute approximate surface area is 114 Å². The number of amidine groups is 1. The highest BCUT2D eigenvalue weighted by atomic mass is 127. The maximum absolute atomic E-state index is 4.69. The summed E-state index contributed by atoms with van der Waals surface area (Å²) in [6.45, 7) is 4.45. The van der Waals surface area contributed by atoms with Crippen molar-refractivity contribution in [3.05, 3.63) is 27.8 Å². The number of nitrogens with zero attached hydrogens (tertiary/aromatic N) is 1. The lowest BCUT2D eigenvalue weighted by atomic mass is 10.1. The summed E-state index contributed by atoms with van der Waals surface area (Å²) in [5, 5.41) is 4.46. The minimum absolute atomic E-state index is 0.467. The van der Waals surface area contributed by atoms with Crippen LogP contribution in [0.5, 0.6) is 0 Å². The average molecular weight is 346 g/mol. The zero-order chi connectivity index (χ0) is 11.5. The van der Waals surface area contributed by atoms with E-state index in [0.717, 1.165) is 16.6 Å². The normalized spacial score (nSPS) is 20.0. The minimum atomic E-state index is 0.467. The van der Waals surface area contributed by atoms with Crippen LogP contribution in [0.15, 0.2) is 29.3 Å². The van der Waals surface area contributed by atoms with E-state index in [9.17, 15) is 0 Å². The molecule has 1 unspecified atom stereocenters. The fourth-order valence-electron chi connectivity index (χ4n) is 1.48. The number of nitrogens with one attached hydrogen (secondary N) is 1. The molecule has 0 radical (unpaired) electrons. The van der Waals surface area contributed by atoms with Gasteiger partial charge in [-0.05, 0) is 40.6 Å².